The minimum atomic E-state index is 0.602. The molecule has 1 N–H and O–H groups in total. The third-order valence-corrected chi connectivity index (χ3v) is 5.27. The van der Waals surface area contributed by atoms with Crippen LogP contribution < -0.4 is 5.32 Å². The van der Waals surface area contributed by atoms with Gasteiger partial charge in [0.05, 0.1) is 4.34 Å². The minimum absolute atomic E-state index is 0.602. The summed E-state index contributed by atoms with van der Waals surface area (Å²) in [5.74, 6) is 1.36. The zero-order valence-electron chi connectivity index (χ0n) is 12.3. The number of nitrogens with zero attached hydrogens (tertiary/aromatic N) is 1. The lowest BCUT2D eigenvalue weighted by molar-refractivity contribution is 0.0793. The van der Waals surface area contributed by atoms with Crippen molar-refractivity contribution < 1.29 is 0 Å². The Morgan fingerprint density at radius 3 is 2.58 bits per heavy atom. The SMILES string of the molecule is CC(C)C1CN(Cc2ccc(Cl)s2)C(C(C)C)CN1. The molecule has 1 fully saturated rings. The molecule has 0 aliphatic carbocycles. The van der Waals surface area contributed by atoms with Crippen molar-refractivity contribution in [3.8, 4) is 0 Å². The van der Waals surface area contributed by atoms with Crippen LogP contribution in [0.3, 0.4) is 0 Å². The van der Waals surface area contributed by atoms with Gasteiger partial charge < -0.3 is 5.32 Å². The van der Waals surface area contributed by atoms with E-state index in [1.807, 2.05) is 6.07 Å². The third-order valence-electron chi connectivity index (χ3n) is 4.05. The Hall–Kier alpha value is -0.0900. The van der Waals surface area contributed by atoms with Crippen LogP contribution in [0.15, 0.2) is 12.1 Å². The Labute approximate surface area is 126 Å². The predicted molar refractivity (Wildman–Crippen MR) is 85.0 cm³/mol. The van der Waals surface area contributed by atoms with E-state index in [0.717, 1.165) is 24.0 Å². The molecule has 2 atom stereocenters. The molecule has 0 spiro atoms. The zero-order chi connectivity index (χ0) is 14.0. The van der Waals surface area contributed by atoms with Crippen molar-refractivity contribution in [1.82, 2.24) is 10.2 Å². The molecule has 2 heterocycles. The van der Waals surface area contributed by atoms with Crippen molar-refractivity contribution in [1.29, 1.82) is 0 Å². The number of nitrogens with one attached hydrogen (secondary N) is 1. The van der Waals surface area contributed by atoms with Gasteiger partial charge in [-0.2, -0.15) is 0 Å². The van der Waals surface area contributed by atoms with Crippen molar-refractivity contribution in [2.45, 2.75) is 46.3 Å². The molecule has 2 unspecified atom stereocenters. The highest BCUT2D eigenvalue weighted by atomic mass is 35.5. The lowest BCUT2D eigenvalue weighted by atomic mass is 9.94. The van der Waals surface area contributed by atoms with E-state index in [-0.39, 0.29) is 0 Å². The maximum atomic E-state index is 6.04. The van der Waals surface area contributed by atoms with Crippen LogP contribution in [0.4, 0.5) is 0 Å². The summed E-state index contributed by atoms with van der Waals surface area (Å²) in [7, 11) is 0. The van der Waals surface area contributed by atoms with Gasteiger partial charge in [-0.15, -0.1) is 11.3 Å². The maximum Gasteiger partial charge on any atom is 0.0931 e. The fraction of sp³-hybridized carbons (Fsp3) is 0.733. The van der Waals surface area contributed by atoms with Gasteiger partial charge in [0.2, 0.25) is 0 Å². The van der Waals surface area contributed by atoms with Crippen LogP contribution in [0.1, 0.15) is 32.6 Å². The topological polar surface area (TPSA) is 15.3 Å². The van der Waals surface area contributed by atoms with Gasteiger partial charge in [-0.1, -0.05) is 39.3 Å². The third kappa shape index (κ3) is 3.94. The van der Waals surface area contributed by atoms with Crippen molar-refractivity contribution in [2.24, 2.45) is 11.8 Å². The first-order chi connectivity index (χ1) is 8.97. The van der Waals surface area contributed by atoms with Gasteiger partial charge in [0.1, 0.15) is 0 Å². The van der Waals surface area contributed by atoms with Crippen LogP contribution in [0, 0.1) is 11.8 Å². The summed E-state index contributed by atoms with van der Waals surface area (Å²) in [6, 6.07) is 5.39. The first-order valence-electron chi connectivity index (χ1n) is 7.19. The maximum absolute atomic E-state index is 6.04. The van der Waals surface area contributed by atoms with Crippen LogP contribution in [-0.4, -0.2) is 30.1 Å². The number of rotatable bonds is 4. The predicted octanol–water partition coefficient (Wildman–Crippen LogP) is 3.86. The molecule has 2 rings (SSSR count). The summed E-state index contributed by atoms with van der Waals surface area (Å²) in [6.45, 7) is 12.5. The molecule has 1 aromatic rings. The van der Waals surface area contributed by atoms with Gasteiger partial charge in [0.25, 0.3) is 0 Å². The number of thiophene rings is 1. The fourth-order valence-corrected chi connectivity index (χ4v) is 3.89. The molecule has 1 aliphatic heterocycles. The standard InChI is InChI=1S/C15H25ClN2S/c1-10(2)13-9-18(14(7-17-13)11(3)4)8-12-5-6-15(16)19-12/h5-6,10-11,13-14,17H,7-9H2,1-4H3. The highest BCUT2D eigenvalue weighted by Gasteiger charge is 2.31. The molecule has 108 valence electrons. The minimum Gasteiger partial charge on any atom is -0.311 e. The number of halogens is 1. The Morgan fingerprint density at radius 1 is 1.32 bits per heavy atom. The molecule has 4 heteroatoms. The van der Waals surface area contributed by atoms with Gasteiger partial charge in [0, 0.05) is 36.6 Å². The Morgan fingerprint density at radius 2 is 2.05 bits per heavy atom. The Bertz CT molecular complexity index is 403. The molecule has 0 aromatic carbocycles. The van der Waals surface area contributed by atoms with E-state index in [2.05, 4.69) is 44.0 Å². The van der Waals surface area contributed by atoms with E-state index in [9.17, 15) is 0 Å². The second-order valence-corrected chi connectivity index (χ2v) is 8.01. The summed E-state index contributed by atoms with van der Waals surface area (Å²) in [6.07, 6.45) is 0. The van der Waals surface area contributed by atoms with E-state index in [1.165, 1.54) is 4.88 Å². The molecule has 2 nitrogen and oxygen atoms in total. The van der Waals surface area contributed by atoms with Crippen LogP contribution in [-0.2, 0) is 6.54 Å². The van der Waals surface area contributed by atoms with E-state index in [0.29, 0.717) is 23.9 Å². The molecule has 1 saturated heterocycles. The molecule has 1 aliphatic rings. The van der Waals surface area contributed by atoms with Crippen LogP contribution in [0.25, 0.3) is 0 Å². The highest BCUT2D eigenvalue weighted by Crippen LogP contribution is 2.26. The summed E-state index contributed by atoms with van der Waals surface area (Å²) < 4.78 is 0.895. The fourth-order valence-electron chi connectivity index (χ4n) is 2.78. The highest BCUT2D eigenvalue weighted by molar-refractivity contribution is 7.16. The van der Waals surface area contributed by atoms with Crippen molar-refractivity contribution >= 4 is 22.9 Å². The van der Waals surface area contributed by atoms with E-state index in [4.69, 9.17) is 11.6 Å². The summed E-state index contributed by atoms with van der Waals surface area (Å²) in [5, 5.41) is 3.71. The summed E-state index contributed by atoms with van der Waals surface area (Å²) in [4.78, 5) is 4.01. The van der Waals surface area contributed by atoms with E-state index < -0.39 is 0 Å². The second-order valence-electron chi connectivity index (χ2n) is 6.21. The van der Waals surface area contributed by atoms with Crippen molar-refractivity contribution in [2.75, 3.05) is 13.1 Å². The second kappa shape index (κ2) is 6.57. The molecular weight excluding hydrogens is 276 g/mol. The Kier molecular flexibility index (Phi) is 5.29. The molecular formula is C15H25ClN2S. The van der Waals surface area contributed by atoms with Gasteiger partial charge >= 0.3 is 0 Å². The average molecular weight is 301 g/mol. The van der Waals surface area contributed by atoms with Gasteiger partial charge in [0.15, 0.2) is 0 Å². The smallest absolute Gasteiger partial charge is 0.0931 e. The Balaban J connectivity index is 2.07. The van der Waals surface area contributed by atoms with Gasteiger partial charge in [-0.3, -0.25) is 4.90 Å². The number of hydrogen-bond acceptors (Lipinski definition) is 3. The average Bonchev–Trinajstić information content (AvgIpc) is 2.74. The van der Waals surface area contributed by atoms with Crippen LogP contribution >= 0.6 is 22.9 Å². The summed E-state index contributed by atoms with van der Waals surface area (Å²) >= 11 is 7.75. The first-order valence-corrected chi connectivity index (χ1v) is 8.38. The lowest BCUT2D eigenvalue weighted by Gasteiger charge is -2.43. The van der Waals surface area contributed by atoms with E-state index >= 15 is 0 Å². The molecule has 0 bridgehead atoms. The zero-order valence-corrected chi connectivity index (χ0v) is 13.9. The van der Waals surface area contributed by atoms with Crippen molar-refractivity contribution in [3.63, 3.8) is 0 Å². The van der Waals surface area contributed by atoms with Crippen LogP contribution in [0.5, 0.6) is 0 Å². The normalized spacial score (nSPS) is 25.4. The van der Waals surface area contributed by atoms with Crippen LogP contribution in [0.2, 0.25) is 4.34 Å². The molecule has 0 amide bonds. The molecule has 0 radical (unpaired) electrons. The summed E-state index contributed by atoms with van der Waals surface area (Å²) in [5.41, 5.74) is 0. The number of piperazine rings is 1. The largest absolute Gasteiger partial charge is 0.311 e. The lowest BCUT2D eigenvalue weighted by Crippen LogP contribution is -2.59. The van der Waals surface area contributed by atoms with Gasteiger partial charge in [-0.25, -0.2) is 0 Å². The molecule has 1 aromatic heterocycles. The monoisotopic (exact) mass is 300 g/mol. The first kappa shape index (κ1) is 15.3. The number of hydrogen-bond donors (Lipinski definition) is 1. The quantitative estimate of drug-likeness (QED) is 0.908. The molecule has 0 saturated carbocycles. The molecule has 19 heavy (non-hydrogen) atoms. The van der Waals surface area contributed by atoms with E-state index in [1.54, 1.807) is 11.3 Å². The van der Waals surface area contributed by atoms with Crippen molar-refractivity contribution in [3.05, 3.63) is 21.3 Å². The van der Waals surface area contributed by atoms with Gasteiger partial charge in [-0.05, 0) is 24.0 Å².